The van der Waals surface area contributed by atoms with Gasteiger partial charge in [-0.1, -0.05) is 12.1 Å². The Hall–Kier alpha value is -4.25. The van der Waals surface area contributed by atoms with E-state index in [-0.39, 0.29) is 19.9 Å². The minimum atomic E-state index is -0.592. The van der Waals surface area contributed by atoms with Crippen molar-refractivity contribution >= 4 is 40.4 Å². The number of carbonyl (C=O) groups is 2. The Balaban J connectivity index is 0.00000337. The van der Waals surface area contributed by atoms with Crippen molar-refractivity contribution in [3.05, 3.63) is 100 Å². The number of aryl methyl sites for hydroxylation is 2. The zero-order valence-electron chi connectivity index (χ0n) is 26.1. The van der Waals surface area contributed by atoms with E-state index in [2.05, 4.69) is 51.3 Å². The normalized spacial score (nSPS) is 13.3. The summed E-state index contributed by atoms with van der Waals surface area (Å²) in [6.45, 7) is 10.3. The van der Waals surface area contributed by atoms with Gasteiger partial charge in [-0.2, -0.15) is 0 Å². The topological polar surface area (TPSA) is 108 Å². The number of ether oxygens (including phenoxy) is 2. The number of aromatic nitrogens is 2. The number of anilines is 1. The molecule has 0 saturated heterocycles. The van der Waals surface area contributed by atoms with Gasteiger partial charge >= 0.3 is 0 Å². The molecule has 1 aliphatic rings. The van der Waals surface area contributed by atoms with Crippen molar-refractivity contribution < 1.29 is 19.1 Å². The van der Waals surface area contributed by atoms with Crippen LogP contribution in [0.15, 0.2) is 48.8 Å². The molecule has 1 radical (unpaired) electrons. The molecule has 2 aromatic heterocycles. The van der Waals surface area contributed by atoms with Crippen LogP contribution >= 0.6 is 22.6 Å². The van der Waals surface area contributed by atoms with Crippen LogP contribution in [0.3, 0.4) is 0 Å². The van der Waals surface area contributed by atoms with E-state index in [1.165, 1.54) is 18.4 Å². The van der Waals surface area contributed by atoms with Gasteiger partial charge in [0, 0.05) is 24.5 Å². The molecule has 0 unspecified atom stereocenters. The number of nitrogens with one attached hydrogen (secondary N) is 1. The molecule has 1 atom stereocenters. The maximum absolute atomic E-state index is 13.1. The molecular weight excluding hydrogens is 919 g/mol. The van der Waals surface area contributed by atoms with Gasteiger partial charge in [-0.15, -0.1) is 6.54 Å². The average Bonchev–Trinajstić information content (AvgIpc) is 3.76. The molecule has 1 aromatic carbocycles. The molecule has 0 aliphatic heterocycles. The molecule has 1 fully saturated rings. The summed E-state index contributed by atoms with van der Waals surface area (Å²) in [7, 11) is 4.15. The molecule has 1 N–H and O–H groups in total. The maximum atomic E-state index is 13.1. The summed E-state index contributed by atoms with van der Waals surface area (Å²) in [4.78, 5) is 35.9. The Morgan fingerprint density at radius 1 is 1.16 bits per heavy atom. The van der Waals surface area contributed by atoms with E-state index in [0.717, 1.165) is 20.4 Å². The van der Waals surface area contributed by atoms with Crippen molar-refractivity contribution in [3.8, 4) is 5.75 Å². The van der Waals surface area contributed by atoms with E-state index in [9.17, 15) is 9.59 Å². The summed E-state index contributed by atoms with van der Waals surface area (Å²) in [6, 6.07) is 11.6. The van der Waals surface area contributed by atoms with Crippen LogP contribution in [0.4, 0.5) is 10.6 Å². The van der Waals surface area contributed by atoms with Gasteiger partial charge in [0.1, 0.15) is 17.2 Å². The van der Waals surface area contributed by atoms with Gasteiger partial charge in [0.15, 0.2) is 6.10 Å². The number of hydrogen-bond acceptors (Lipinski definition) is 7. The van der Waals surface area contributed by atoms with E-state index < -0.39 is 17.8 Å². The van der Waals surface area contributed by atoms with Gasteiger partial charge in [0.2, 0.25) is 6.09 Å². The summed E-state index contributed by atoms with van der Waals surface area (Å²) in [5.41, 5.74) is 3.63. The monoisotopic (exact) mass is 960 g/mol. The van der Waals surface area contributed by atoms with Gasteiger partial charge in [0.25, 0.3) is 5.91 Å². The van der Waals surface area contributed by atoms with Crippen LogP contribution in [-0.4, -0.2) is 52.1 Å². The Morgan fingerprint density at radius 2 is 1.89 bits per heavy atom. The first kappa shape index (κ1) is 35.9. The zero-order chi connectivity index (χ0) is 30.4. The van der Waals surface area contributed by atoms with Crippen molar-refractivity contribution in [2.75, 3.05) is 25.0 Å². The molecular formula is C33H41ILrN5O4-3. The van der Waals surface area contributed by atoms with E-state index in [1.807, 2.05) is 55.3 Å². The Morgan fingerprint density at radius 3 is 2.50 bits per heavy atom. The number of hydrogen-bond donors (Lipinski definition) is 1. The van der Waals surface area contributed by atoms with Crippen LogP contribution in [0.1, 0.15) is 78.4 Å². The summed E-state index contributed by atoms with van der Waals surface area (Å²) in [5.74, 6) is 1.54. The van der Waals surface area contributed by atoms with Crippen LogP contribution in [0.5, 0.6) is 5.75 Å². The van der Waals surface area contributed by atoms with E-state index in [1.54, 1.807) is 27.0 Å². The second kappa shape index (κ2) is 15.5. The largest absolute Gasteiger partial charge is 0.616 e. The molecule has 4 rings (SSSR count). The Labute approximate surface area is 269 Å². The first-order valence-corrected chi connectivity index (χ1v) is 15.1. The number of pyridine rings is 2. The van der Waals surface area contributed by atoms with Gasteiger partial charge < -0.3 is 32.4 Å². The van der Waals surface area contributed by atoms with Gasteiger partial charge in [0.05, 0.1) is 9.26 Å². The molecule has 11 heteroatoms. The summed E-state index contributed by atoms with van der Waals surface area (Å²) in [6.07, 6.45) is 4.95. The SMILES string of the molecule is [CH2-]N(CC[N-]C(=O)OC(C)(C)C)C[C@@H](Oc1cc(C)c(C(=O)Nc2ncccc2C)cc1I)c1ccc(C2CC2)cn1.[CH3-].[Lr]. The molecule has 3 aromatic rings. The van der Waals surface area contributed by atoms with E-state index >= 15 is 0 Å². The fraction of sp³-hybridized carbons (Fsp3) is 0.394. The molecule has 1 aliphatic carbocycles. The third-order valence-corrected chi connectivity index (χ3v) is 7.54. The molecule has 9 nitrogen and oxygen atoms in total. The number of amides is 2. The van der Waals surface area contributed by atoms with Crippen molar-refractivity contribution in [1.29, 1.82) is 0 Å². The summed E-state index contributed by atoms with van der Waals surface area (Å²) >= 11 is 2.19. The van der Waals surface area contributed by atoms with Gasteiger partial charge in [-0.3, -0.25) is 21.6 Å². The van der Waals surface area contributed by atoms with Crippen LogP contribution < -0.4 is 10.1 Å². The first-order valence-electron chi connectivity index (χ1n) is 14.0. The van der Waals surface area contributed by atoms with Crippen molar-refractivity contribution in [1.82, 2.24) is 14.9 Å². The zero-order valence-corrected chi connectivity index (χ0v) is 30.4. The molecule has 2 heterocycles. The third kappa shape index (κ3) is 10.2. The first-order chi connectivity index (χ1) is 19.9. The van der Waals surface area contributed by atoms with Crippen molar-refractivity contribution in [3.63, 3.8) is 0 Å². The summed E-state index contributed by atoms with van der Waals surface area (Å²) in [5, 5.41) is 6.90. The van der Waals surface area contributed by atoms with E-state index in [0.29, 0.717) is 36.1 Å². The van der Waals surface area contributed by atoms with Crippen LogP contribution in [-0.2, 0) is 4.74 Å². The predicted molar refractivity (Wildman–Crippen MR) is 178 cm³/mol. The quantitative estimate of drug-likeness (QED) is 0.155. The Bertz CT molecular complexity index is 1410. The number of halogens is 1. The van der Waals surface area contributed by atoms with Gasteiger partial charge in [-0.05, 0) is 123 Å². The number of nitrogens with zero attached hydrogens (tertiary/aromatic N) is 4. The fourth-order valence-electron chi connectivity index (χ4n) is 4.29. The minimum Gasteiger partial charge on any atom is -0.616 e. The molecule has 247 valence electrons. The van der Waals surface area contributed by atoms with E-state index in [4.69, 9.17) is 14.5 Å². The predicted octanol–water partition coefficient (Wildman–Crippen LogP) is 7.80. The summed E-state index contributed by atoms with van der Waals surface area (Å²) < 4.78 is 12.6. The molecule has 44 heavy (non-hydrogen) atoms. The second-order valence-corrected chi connectivity index (χ2v) is 12.7. The standard InChI is InChI=1S/C32H39IN5O4.CH3.Lr/c1-20-8-7-13-34-29(20)37-30(39)24-17-25(33)27(16-21(24)2)41-28(26-12-11-23(18-36-26)22-9-10-22)19-38(6)15-14-35-31(40)42-32(3,4)5;;/h7-8,11-13,16-18,22,28H,6,9-10,14-15,19H2,1-5H3,(H2,34,35,37,39,40);1H3;/q2*-1;/p-1/t28-;;/m1../s1. The maximum Gasteiger partial charge on any atom is 0.257 e. The van der Waals surface area contributed by atoms with Crippen LogP contribution in [0.2, 0.25) is 0 Å². The smallest absolute Gasteiger partial charge is 0.257 e. The number of rotatable bonds is 11. The molecule has 0 bridgehead atoms. The number of carbonyl (C=O) groups excluding carboxylic acids is 2. The fourth-order valence-corrected chi connectivity index (χ4v) is 4.89. The van der Waals surface area contributed by atoms with Crippen LogP contribution in [0.25, 0.3) is 5.32 Å². The number of benzene rings is 1. The molecule has 2 amide bonds. The minimum absolute atomic E-state index is 0. The molecule has 1 saturated carbocycles. The second-order valence-electron chi connectivity index (χ2n) is 11.6. The van der Waals surface area contributed by atoms with Crippen molar-refractivity contribution in [2.24, 2.45) is 0 Å². The molecule has 0 spiro atoms. The third-order valence-electron chi connectivity index (χ3n) is 6.70. The van der Waals surface area contributed by atoms with Crippen molar-refractivity contribution in [2.45, 2.75) is 65.1 Å². The van der Waals surface area contributed by atoms with Gasteiger partial charge in [-0.25, -0.2) is 4.98 Å². The average molecular weight is 961 g/mol. The Kier molecular flexibility index (Phi) is 12.6. The van der Waals surface area contributed by atoms with Crippen LogP contribution in [0, 0.1) is 31.9 Å².